The quantitative estimate of drug-likeness (QED) is 0.263. The third-order valence-corrected chi connectivity index (χ3v) is 3.81. The van der Waals surface area contributed by atoms with Crippen LogP contribution in [0.15, 0.2) is 54.3 Å². The van der Waals surface area contributed by atoms with E-state index in [2.05, 4.69) is 0 Å². The molecule has 0 saturated carbocycles. The first-order chi connectivity index (χ1) is 13.7. The van der Waals surface area contributed by atoms with Crippen LogP contribution in [0.3, 0.4) is 0 Å². The van der Waals surface area contributed by atoms with E-state index in [0.717, 1.165) is 5.56 Å². The van der Waals surface area contributed by atoms with Crippen LogP contribution < -0.4 is 0 Å². The van der Waals surface area contributed by atoms with Gasteiger partial charge >= 0.3 is 12.1 Å². The molecule has 0 aromatic heterocycles. The normalized spacial score (nSPS) is 13.1. The highest BCUT2D eigenvalue weighted by molar-refractivity contribution is 5.82. The van der Waals surface area contributed by atoms with Gasteiger partial charge in [-0.25, -0.2) is 9.59 Å². The summed E-state index contributed by atoms with van der Waals surface area (Å²) >= 11 is 0. The molecule has 0 aliphatic heterocycles. The summed E-state index contributed by atoms with van der Waals surface area (Å²) in [7, 11) is 1.70. The maximum atomic E-state index is 12.6. The van der Waals surface area contributed by atoms with Crippen LogP contribution in [-0.4, -0.2) is 48.9 Å². The van der Waals surface area contributed by atoms with Crippen LogP contribution in [-0.2, 0) is 25.4 Å². The Morgan fingerprint density at radius 3 is 2.24 bits per heavy atom. The van der Waals surface area contributed by atoms with Crippen molar-refractivity contribution >= 4 is 12.1 Å². The number of rotatable bonds is 9. The van der Waals surface area contributed by atoms with Crippen molar-refractivity contribution in [1.82, 2.24) is 4.90 Å². The molecule has 0 fully saturated rings. The minimum atomic E-state index is -0.591. The average Bonchev–Trinajstić information content (AvgIpc) is 2.64. The Hall–Kier alpha value is -2.76. The smallest absolute Gasteiger partial charge is 0.410 e. The fourth-order valence-corrected chi connectivity index (χ4v) is 2.47. The summed E-state index contributed by atoms with van der Waals surface area (Å²) in [4.78, 5) is 25.9. The predicted molar refractivity (Wildman–Crippen MR) is 113 cm³/mol. The minimum Gasteiger partial charge on any atom is -0.494 e. The van der Waals surface area contributed by atoms with E-state index in [1.165, 1.54) is 6.08 Å². The Bertz CT molecular complexity index is 704. The lowest BCUT2D eigenvalue weighted by molar-refractivity contribution is -0.137. The van der Waals surface area contributed by atoms with Gasteiger partial charge in [-0.15, -0.1) is 0 Å². The highest BCUT2D eigenvalue weighted by Crippen LogP contribution is 2.15. The molecular weight excluding hydrogens is 370 g/mol. The van der Waals surface area contributed by atoms with E-state index in [9.17, 15) is 9.59 Å². The third-order valence-electron chi connectivity index (χ3n) is 3.81. The third kappa shape index (κ3) is 9.83. The summed E-state index contributed by atoms with van der Waals surface area (Å²) in [5, 5.41) is 0. The molecule has 1 aromatic carbocycles. The number of nitrogens with zero attached hydrogens (tertiary/aromatic N) is 1. The molecule has 6 nitrogen and oxygen atoms in total. The van der Waals surface area contributed by atoms with Gasteiger partial charge in [-0.1, -0.05) is 36.4 Å². The van der Waals surface area contributed by atoms with Gasteiger partial charge in [0.25, 0.3) is 0 Å². The Kier molecular flexibility index (Phi) is 10.00. The molecule has 0 aliphatic carbocycles. The first kappa shape index (κ1) is 24.3. The number of hydrogen-bond donors (Lipinski definition) is 0. The maximum absolute atomic E-state index is 12.6. The molecule has 0 saturated heterocycles. The number of benzene rings is 1. The van der Waals surface area contributed by atoms with E-state index < -0.39 is 17.7 Å². The monoisotopic (exact) mass is 403 g/mol. The van der Waals surface area contributed by atoms with Crippen molar-refractivity contribution < 1.29 is 23.8 Å². The lowest BCUT2D eigenvalue weighted by Crippen LogP contribution is -2.41. The molecule has 1 amide bonds. The van der Waals surface area contributed by atoms with Crippen molar-refractivity contribution in [3.63, 3.8) is 0 Å². The summed E-state index contributed by atoms with van der Waals surface area (Å²) in [5.41, 5.74) is 0.483. The van der Waals surface area contributed by atoms with Gasteiger partial charge in [-0.05, 0) is 52.7 Å². The van der Waals surface area contributed by atoms with Gasteiger partial charge in [-0.3, -0.25) is 0 Å². The minimum absolute atomic E-state index is 0.288. The molecule has 0 radical (unpaired) electrons. The molecule has 1 rings (SSSR count). The van der Waals surface area contributed by atoms with E-state index >= 15 is 0 Å². The van der Waals surface area contributed by atoms with Gasteiger partial charge in [0.2, 0.25) is 0 Å². The Balaban J connectivity index is 3.09. The van der Waals surface area contributed by atoms with Crippen molar-refractivity contribution in [2.24, 2.45) is 0 Å². The van der Waals surface area contributed by atoms with E-state index in [1.54, 1.807) is 24.9 Å². The summed E-state index contributed by atoms with van der Waals surface area (Å²) in [6, 6.07) is 9.56. The standard InChI is InChI=1S/C23H33NO5/c1-7-27-20(17-21(25)28-8-2)15-14-19(16-18-12-10-9-11-13-18)24(6)22(26)29-23(3,4)5/h9-15,17,19H,7-8,16H2,1-6H3/b15-14+,20-17+/t19-/m0/s1. The highest BCUT2D eigenvalue weighted by atomic mass is 16.6. The van der Waals surface area contributed by atoms with Gasteiger partial charge in [0.15, 0.2) is 0 Å². The van der Waals surface area contributed by atoms with Crippen LogP contribution in [0.4, 0.5) is 4.79 Å². The van der Waals surface area contributed by atoms with E-state index in [1.807, 2.05) is 64.1 Å². The fraction of sp³-hybridized carbons (Fsp3) is 0.478. The lowest BCUT2D eigenvalue weighted by Gasteiger charge is -2.29. The second kappa shape index (κ2) is 11.9. The number of carbonyl (C=O) groups excluding carboxylic acids is 2. The van der Waals surface area contributed by atoms with Crippen LogP contribution in [0, 0.1) is 0 Å². The molecule has 6 heteroatoms. The summed E-state index contributed by atoms with van der Waals surface area (Å²) in [5.74, 6) is -0.0951. The number of hydrogen-bond acceptors (Lipinski definition) is 5. The topological polar surface area (TPSA) is 65.1 Å². The average molecular weight is 404 g/mol. The fourth-order valence-electron chi connectivity index (χ4n) is 2.47. The Morgan fingerprint density at radius 2 is 1.69 bits per heavy atom. The van der Waals surface area contributed by atoms with Crippen LogP contribution in [0.5, 0.6) is 0 Å². The van der Waals surface area contributed by atoms with Crippen molar-refractivity contribution in [3.05, 3.63) is 59.9 Å². The molecule has 29 heavy (non-hydrogen) atoms. The number of esters is 1. The van der Waals surface area contributed by atoms with Gasteiger partial charge in [0.05, 0.1) is 25.3 Å². The van der Waals surface area contributed by atoms with Gasteiger partial charge in [0.1, 0.15) is 11.4 Å². The zero-order valence-corrected chi connectivity index (χ0v) is 18.3. The number of amides is 1. The van der Waals surface area contributed by atoms with Crippen molar-refractivity contribution in [1.29, 1.82) is 0 Å². The van der Waals surface area contributed by atoms with Crippen molar-refractivity contribution in [2.75, 3.05) is 20.3 Å². The Labute approximate surface area is 174 Å². The first-order valence-corrected chi connectivity index (χ1v) is 9.85. The zero-order chi connectivity index (χ0) is 21.9. The second-order valence-corrected chi connectivity index (χ2v) is 7.44. The Morgan fingerprint density at radius 1 is 1.07 bits per heavy atom. The molecule has 0 N–H and O–H groups in total. The van der Waals surface area contributed by atoms with Crippen LogP contribution in [0.1, 0.15) is 40.2 Å². The number of carbonyl (C=O) groups is 2. The molecule has 0 bridgehead atoms. The van der Waals surface area contributed by atoms with Crippen molar-refractivity contribution in [2.45, 2.75) is 52.7 Å². The second-order valence-electron chi connectivity index (χ2n) is 7.44. The summed E-state index contributed by atoms with van der Waals surface area (Å²) < 4.78 is 16.0. The maximum Gasteiger partial charge on any atom is 0.410 e. The van der Waals surface area contributed by atoms with Gasteiger partial charge in [-0.2, -0.15) is 0 Å². The molecule has 160 valence electrons. The lowest BCUT2D eigenvalue weighted by atomic mass is 10.0. The molecule has 0 spiro atoms. The van der Waals surface area contributed by atoms with E-state index in [-0.39, 0.29) is 12.6 Å². The largest absolute Gasteiger partial charge is 0.494 e. The number of likely N-dealkylation sites (N-methyl/N-ethyl adjacent to an activating group) is 1. The number of allylic oxidation sites excluding steroid dienone is 1. The molecule has 0 heterocycles. The van der Waals surface area contributed by atoms with Gasteiger partial charge < -0.3 is 19.1 Å². The number of ether oxygens (including phenoxy) is 3. The summed E-state index contributed by atoms with van der Waals surface area (Å²) in [6.07, 6.45) is 4.99. The first-order valence-electron chi connectivity index (χ1n) is 9.85. The zero-order valence-electron chi connectivity index (χ0n) is 18.3. The summed E-state index contributed by atoms with van der Waals surface area (Å²) in [6.45, 7) is 9.76. The van der Waals surface area contributed by atoms with Crippen LogP contribution in [0.2, 0.25) is 0 Å². The van der Waals surface area contributed by atoms with Crippen LogP contribution >= 0.6 is 0 Å². The van der Waals surface area contributed by atoms with Gasteiger partial charge in [0, 0.05) is 7.05 Å². The van der Waals surface area contributed by atoms with E-state index in [4.69, 9.17) is 14.2 Å². The molecule has 0 aliphatic rings. The molecule has 1 atom stereocenters. The molecule has 0 unspecified atom stereocenters. The molecule has 1 aromatic rings. The predicted octanol–water partition coefficient (Wildman–Crippen LogP) is 4.50. The SMILES string of the molecule is CCOC(=O)/C=C(\C=C\[C@@H](Cc1ccccc1)N(C)C(=O)OC(C)(C)C)OCC. The van der Waals surface area contributed by atoms with Crippen LogP contribution in [0.25, 0.3) is 0 Å². The van der Waals surface area contributed by atoms with Crippen molar-refractivity contribution in [3.8, 4) is 0 Å². The van der Waals surface area contributed by atoms with E-state index in [0.29, 0.717) is 18.8 Å². The molecular formula is C23H33NO5. The highest BCUT2D eigenvalue weighted by Gasteiger charge is 2.24.